The first kappa shape index (κ1) is 14.7. The summed E-state index contributed by atoms with van der Waals surface area (Å²) in [5, 5.41) is 19.8. The molecule has 1 aliphatic rings. The van der Waals surface area contributed by atoms with Crippen molar-refractivity contribution in [3.05, 3.63) is 0 Å². The second kappa shape index (κ2) is 7.17. The molecule has 0 aliphatic carbocycles. The van der Waals surface area contributed by atoms with Crippen molar-refractivity contribution in [2.45, 2.75) is 18.9 Å². The number of hydrogen-bond donors (Lipinski definition) is 3. The maximum Gasteiger partial charge on any atom is 0.328 e. The van der Waals surface area contributed by atoms with Crippen molar-refractivity contribution >= 4 is 12.0 Å². The van der Waals surface area contributed by atoms with Gasteiger partial charge in [0.25, 0.3) is 0 Å². The summed E-state index contributed by atoms with van der Waals surface area (Å²) in [6.45, 7) is 2.85. The van der Waals surface area contributed by atoms with Crippen LogP contribution in [-0.2, 0) is 4.79 Å². The molecule has 3 N–H and O–H groups in total. The van der Waals surface area contributed by atoms with E-state index in [4.69, 9.17) is 10.2 Å². The van der Waals surface area contributed by atoms with Crippen molar-refractivity contribution in [1.29, 1.82) is 0 Å². The van der Waals surface area contributed by atoms with Gasteiger partial charge in [-0.3, -0.25) is 0 Å². The Labute approximate surface area is 106 Å². The zero-order valence-corrected chi connectivity index (χ0v) is 10.6. The summed E-state index contributed by atoms with van der Waals surface area (Å²) in [6.07, 6.45) is 2.39. The fourth-order valence-corrected chi connectivity index (χ4v) is 1.84. The topological polar surface area (TPSA) is 93.1 Å². The normalized spacial score (nSPS) is 17.4. The van der Waals surface area contributed by atoms with Crippen molar-refractivity contribution in [2.24, 2.45) is 0 Å². The maximum atomic E-state index is 11.6. The van der Waals surface area contributed by atoms with Gasteiger partial charge in [-0.05, 0) is 25.9 Å². The van der Waals surface area contributed by atoms with Gasteiger partial charge in [-0.25, -0.2) is 9.59 Å². The Morgan fingerprint density at radius 3 is 2.50 bits per heavy atom. The highest BCUT2D eigenvalue weighted by atomic mass is 16.4. The van der Waals surface area contributed by atoms with Gasteiger partial charge in [-0.15, -0.1) is 0 Å². The Balaban J connectivity index is 2.29. The lowest BCUT2D eigenvalue weighted by Crippen LogP contribution is -2.49. The predicted molar refractivity (Wildman–Crippen MR) is 65.3 cm³/mol. The minimum absolute atomic E-state index is 0.476. The summed E-state index contributed by atoms with van der Waals surface area (Å²) in [5.41, 5.74) is 0. The minimum Gasteiger partial charge on any atom is -0.480 e. The fraction of sp³-hybridized carbons (Fsp3) is 0.818. The van der Waals surface area contributed by atoms with Crippen LogP contribution in [-0.4, -0.2) is 77.9 Å². The molecule has 1 atom stereocenters. The first-order valence-electron chi connectivity index (χ1n) is 6.12. The Kier molecular flexibility index (Phi) is 5.87. The van der Waals surface area contributed by atoms with E-state index in [1.54, 1.807) is 7.05 Å². The number of rotatable bonds is 6. The van der Waals surface area contributed by atoms with Crippen LogP contribution in [0.25, 0.3) is 0 Å². The molecule has 0 aromatic heterocycles. The molecular formula is C11H21N3O4. The SMILES string of the molecule is CN(CCN1CCCC1)C(=O)N[C@H](CO)C(=O)O. The number of nitrogens with zero attached hydrogens (tertiary/aromatic N) is 2. The summed E-state index contributed by atoms with van der Waals surface area (Å²) in [4.78, 5) is 26.0. The average Bonchev–Trinajstić information content (AvgIpc) is 2.85. The number of hydrogen-bond acceptors (Lipinski definition) is 4. The molecule has 0 bridgehead atoms. The van der Waals surface area contributed by atoms with Crippen LogP contribution in [0.2, 0.25) is 0 Å². The number of likely N-dealkylation sites (tertiary alicyclic amines) is 1. The third-order valence-electron chi connectivity index (χ3n) is 3.08. The predicted octanol–water partition coefficient (Wildman–Crippen LogP) is -0.831. The number of likely N-dealkylation sites (N-methyl/N-ethyl adjacent to an activating group) is 1. The van der Waals surface area contributed by atoms with Crippen LogP contribution >= 0.6 is 0 Å². The van der Waals surface area contributed by atoms with E-state index in [0.29, 0.717) is 6.54 Å². The van der Waals surface area contributed by atoms with Crippen molar-refractivity contribution < 1.29 is 19.8 Å². The summed E-state index contributed by atoms with van der Waals surface area (Å²) in [7, 11) is 1.61. The Morgan fingerprint density at radius 2 is 2.00 bits per heavy atom. The smallest absolute Gasteiger partial charge is 0.328 e. The van der Waals surface area contributed by atoms with Gasteiger partial charge in [0.2, 0.25) is 0 Å². The molecule has 1 fully saturated rings. The third-order valence-corrected chi connectivity index (χ3v) is 3.08. The molecule has 104 valence electrons. The van der Waals surface area contributed by atoms with Gasteiger partial charge in [0, 0.05) is 20.1 Å². The molecule has 0 radical (unpaired) electrons. The molecule has 0 aromatic rings. The molecule has 1 aliphatic heterocycles. The van der Waals surface area contributed by atoms with Gasteiger partial charge >= 0.3 is 12.0 Å². The van der Waals surface area contributed by atoms with Crippen LogP contribution in [0, 0.1) is 0 Å². The van der Waals surface area contributed by atoms with E-state index in [2.05, 4.69) is 10.2 Å². The molecule has 18 heavy (non-hydrogen) atoms. The number of carboxylic acids is 1. The van der Waals surface area contributed by atoms with E-state index in [0.717, 1.165) is 19.6 Å². The van der Waals surface area contributed by atoms with E-state index in [1.807, 2.05) is 0 Å². The quantitative estimate of drug-likeness (QED) is 0.579. The molecule has 0 aromatic carbocycles. The lowest BCUT2D eigenvalue weighted by atomic mass is 10.3. The number of aliphatic hydroxyl groups is 1. The van der Waals surface area contributed by atoms with Crippen LogP contribution in [0.3, 0.4) is 0 Å². The van der Waals surface area contributed by atoms with E-state index < -0.39 is 24.6 Å². The summed E-state index contributed by atoms with van der Waals surface area (Å²) < 4.78 is 0. The highest BCUT2D eigenvalue weighted by Crippen LogP contribution is 2.06. The largest absolute Gasteiger partial charge is 0.480 e. The highest BCUT2D eigenvalue weighted by Gasteiger charge is 2.21. The van der Waals surface area contributed by atoms with Crippen LogP contribution in [0.4, 0.5) is 4.79 Å². The zero-order valence-electron chi connectivity index (χ0n) is 10.6. The van der Waals surface area contributed by atoms with E-state index in [1.165, 1.54) is 17.7 Å². The number of carboxylic acid groups (broad SMARTS) is 1. The Morgan fingerprint density at radius 1 is 1.39 bits per heavy atom. The average molecular weight is 259 g/mol. The lowest BCUT2D eigenvalue weighted by Gasteiger charge is -2.23. The molecule has 7 heteroatoms. The van der Waals surface area contributed by atoms with Crippen LogP contribution in [0.1, 0.15) is 12.8 Å². The summed E-state index contributed by atoms with van der Waals surface area (Å²) in [5.74, 6) is -1.24. The number of aliphatic hydroxyl groups excluding tert-OH is 1. The van der Waals surface area contributed by atoms with Crippen LogP contribution in [0.5, 0.6) is 0 Å². The molecule has 0 unspecified atom stereocenters. The number of carbonyl (C=O) groups excluding carboxylic acids is 1. The molecule has 1 heterocycles. The van der Waals surface area contributed by atoms with Crippen molar-refractivity contribution in [1.82, 2.24) is 15.1 Å². The molecule has 0 spiro atoms. The number of aliphatic carboxylic acids is 1. The number of amides is 2. The van der Waals surface area contributed by atoms with Crippen LogP contribution < -0.4 is 5.32 Å². The van der Waals surface area contributed by atoms with Gasteiger partial charge in [-0.1, -0.05) is 0 Å². The molecule has 0 saturated carbocycles. The molecule has 2 amide bonds. The first-order valence-corrected chi connectivity index (χ1v) is 6.12. The number of carbonyl (C=O) groups is 2. The Bertz CT molecular complexity index is 292. The zero-order chi connectivity index (χ0) is 13.5. The number of nitrogens with one attached hydrogen (secondary N) is 1. The monoisotopic (exact) mass is 259 g/mol. The van der Waals surface area contributed by atoms with Gasteiger partial charge in [0.1, 0.15) is 0 Å². The van der Waals surface area contributed by atoms with E-state index in [9.17, 15) is 9.59 Å². The summed E-state index contributed by atoms with van der Waals surface area (Å²) in [6, 6.07) is -1.72. The first-order chi connectivity index (χ1) is 8.54. The molecule has 1 saturated heterocycles. The number of urea groups is 1. The fourth-order valence-electron chi connectivity index (χ4n) is 1.84. The second-order valence-corrected chi connectivity index (χ2v) is 4.49. The standard InChI is InChI=1S/C11H21N3O4/c1-13(6-7-14-4-2-3-5-14)11(18)12-9(8-15)10(16)17/h9,15H,2-8H2,1H3,(H,12,18)(H,16,17)/t9-/m1/s1. The van der Waals surface area contributed by atoms with Crippen LogP contribution in [0.15, 0.2) is 0 Å². The lowest BCUT2D eigenvalue weighted by molar-refractivity contribution is -0.140. The maximum absolute atomic E-state index is 11.6. The van der Waals surface area contributed by atoms with E-state index >= 15 is 0 Å². The van der Waals surface area contributed by atoms with Gasteiger partial charge in [-0.2, -0.15) is 0 Å². The van der Waals surface area contributed by atoms with Crippen molar-refractivity contribution in [2.75, 3.05) is 39.8 Å². The molecule has 1 rings (SSSR count). The highest BCUT2D eigenvalue weighted by molar-refractivity contribution is 5.82. The summed E-state index contributed by atoms with van der Waals surface area (Å²) >= 11 is 0. The van der Waals surface area contributed by atoms with Crippen molar-refractivity contribution in [3.63, 3.8) is 0 Å². The third kappa shape index (κ3) is 4.50. The molecular weight excluding hydrogens is 238 g/mol. The van der Waals surface area contributed by atoms with Gasteiger partial charge in [0.15, 0.2) is 6.04 Å². The van der Waals surface area contributed by atoms with Gasteiger partial charge in [0.05, 0.1) is 6.61 Å². The Hall–Kier alpha value is -1.34. The van der Waals surface area contributed by atoms with Gasteiger partial charge < -0.3 is 25.3 Å². The minimum atomic E-state index is -1.24. The van der Waals surface area contributed by atoms with E-state index in [-0.39, 0.29) is 0 Å². The molecule has 7 nitrogen and oxygen atoms in total. The van der Waals surface area contributed by atoms with Crippen molar-refractivity contribution in [3.8, 4) is 0 Å². The second-order valence-electron chi connectivity index (χ2n) is 4.49.